The molecule has 3 rings (SSSR count). The van der Waals surface area contributed by atoms with Crippen LogP contribution in [0.4, 0.5) is 0 Å². The second-order valence-electron chi connectivity index (χ2n) is 8.11. The minimum absolute atomic E-state index is 0.457. The van der Waals surface area contributed by atoms with Crippen molar-refractivity contribution in [2.24, 2.45) is 0 Å². The largest absolute Gasteiger partial charge is 0.488 e. The van der Waals surface area contributed by atoms with E-state index in [0.29, 0.717) is 18.1 Å². The van der Waals surface area contributed by atoms with Gasteiger partial charge in [0.25, 0.3) is 0 Å². The van der Waals surface area contributed by atoms with Gasteiger partial charge in [-0.25, -0.2) is 0 Å². The van der Waals surface area contributed by atoms with E-state index in [-0.39, 0.29) is 0 Å². The molecule has 3 aromatic carbocycles. The number of rotatable bonds is 10. The molecule has 4 heteroatoms. The number of ether oxygens (including phenoxy) is 1. The van der Waals surface area contributed by atoms with Crippen LogP contribution in [0.1, 0.15) is 36.1 Å². The molecule has 0 heterocycles. The van der Waals surface area contributed by atoms with E-state index < -0.39 is 5.60 Å². The van der Waals surface area contributed by atoms with Gasteiger partial charge in [0.2, 0.25) is 0 Å². The summed E-state index contributed by atoms with van der Waals surface area (Å²) in [6.07, 6.45) is 0.457. The smallest absolute Gasteiger partial charge is 0.137 e. The molecule has 164 valence electrons. The Labute approximate surface area is 191 Å². The number of nitrogens with one attached hydrogen (secondary N) is 1. The first kappa shape index (κ1) is 23.3. The highest BCUT2D eigenvalue weighted by molar-refractivity contribution is 6.30. The number of likely N-dealkylation sites (N-methyl/N-ethyl adjacent to an activating group) is 1. The molecule has 2 N–H and O–H groups in total. The molecule has 0 unspecified atom stereocenters. The van der Waals surface area contributed by atoms with Crippen molar-refractivity contribution in [3.05, 3.63) is 100 Å². The molecule has 31 heavy (non-hydrogen) atoms. The molecule has 0 saturated heterocycles. The first-order valence-electron chi connectivity index (χ1n) is 11.1. The average Bonchev–Trinajstić information content (AvgIpc) is 2.79. The Morgan fingerprint density at radius 1 is 0.839 bits per heavy atom. The van der Waals surface area contributed by atoms with Gasteiger partial charge >= 0.3 is 0 Å². The zero-order chi connectivity index (χ0) is 22.3. The molecule has 0 radical (unpaired) electrons. The number of hydrogen-bond donors (Lipinski definition) is 2. The van der Waals surface area contributed by atoms with Gasteiger partial charge in [-0.05, 0) is 61.7 Å². The topological polar surface area (TPSA) is 33.9 Å². The number of benzene rings is 3. The second-order valence-corrected chi connectivity index (χ2v) is 8.55. The molecule has 3 aromatic rings. The molecule has 0 fully saturated rings. The zero-order valence-electron chi connectivity index (χ0n) is 18.7. The van der Waals surface area contributed by atoms with Crippen molar-refractivity contribution in [2.75, 3.05) is 26.2 Å². The lowest BCUT2D eigenvalue weighted by atomic mass is 9.81. The predicted octanol–water partition coefficient (Wildman–Crippen LogP) is 4.43. The maximum Gasteiger partial charge on any atom is 0.137 e. The summed E-state index contributed by atoms with van der Waals surface area (Å²) in [4.78, 5) is 1.52. The lowest BCUT2D eigenvalue weighted by Crippen LogP contribution is -3.12. The van der Waals surface area contributed by atoms with E-state index in [4.69, 9.17) is 16.3 Å². The summed E-state index contributed by atoms with van der Waals surface area (Å²) in [7, 11) is 0. The summed E-state index contributed by atoms with van der Waals surface area (Å²) in [5.74, 6) is 0.827. The van der Waals surface area contributed by atoms with Crippen LogP contribution in [0.5, 0.6) is 5.75 Å². The van der Waals surface area contributed by atoms with Gasteiger partial charge in [-0.2, -0.15) is 0 Å². The van der Waals surface area contributed by atoms with Crippen LogP contribution in [-0.2, 0) is 12.0 Å². The molecule has 0 amide bonds. The molecule has 1 atom stereocenters. The third-order valence-corrected chi connectivity index (χ3v) is 6.21. The Hall–Kier alpha value is -2.33. The third-order valence-electron chi connectivity index (χ3n) is 5.96. The number of hydrogen-bond acceptors (Lipinski definition) is 2. The number of halogens is 1. The van der Waals surface area contributed by atoms with E-state index in [2.05, 4.69) is 13.8 Å². The summed E-state index contributed by atoms with van der Waals surface area (Å²) in [5, 5.41) is 12.6. The Morgan fingerprint density at radius 3 is 1.94 bits per heavy atom. The van der Waals surface area contributed by atoms with Gasteiger partial charge in [0, 0.05) is 11.4 Å². The molecule has 0 aliphatic rings. The summed E-state index contributed by atoms with van der Waals surface area (Å²) in [6, 6.07) is 23.6. The predicted molar refractivity (Wildman–Crippen MR) is 128 cm³/mol. The second kappa shape index (κ2) is 10.8. The van der Waals surface area contributed by atoms with Gasteiger partial charge in [0.05, 0.1) is 13.1 Å². The third kappa shape index (κ3) is 6.10. The Balaban J connectivity index is 1.83. The van der Waals surface area contributed by atoms with Crippen LogP contribution in [0, 0.1) is 6.92 Å². The summed E-state index contributed by atoms with van der Waals surface area (Å²) >= 11 is 6.05. The maximum absolute atomic E-state index is 11.9. The van der Waals surface area contributed by atoms with Gasteiger partial charge in [0.1, 0.15) is 24.5 Å². The molecule has 3 nitrogen and oxygen atoms in total. The quantitative estimate of drug-likeness (QED) is 0.491. The molecule has 0 spiro atoms. The van der Waals surface area contributed by atoms with Crippen molar-refractivity contribution in [3.8, 4) is 5.75 Å². The summed E-state index contributed by atoms with van der Waals surface area (Å²) in [6.45, 7) is 10.3. The van der Waals surface area contributed by atoms with E-state index in [1.807, 2.05) is 79.7 Å². The standard InChI is InChI=1S/C27H32ClNO2/c1-4-29(5-2)18-19-31-26-16-12-24(13-17-26)27(30,23-10-6-21(3)7-11-23)20-22-8-14-25(28)15-9-22/h6-17,30H,4-5,18-20H2,1-3H3/p+1/t27-/m0/s1. The van der Waals surface area contributed by atoms with E-state index >= 15 is 0 Å². The fourth-order valence-corrected chi connectivity index (χ4v) is 3.97. The van der Waals surface area contributed by atoms with Gasteiger partial charge in [-0.15, -0.1) is 0 Å². The zero-order valence-corrected chi connectivity index (χ0v) is 19.5. The van der Waals surface area contributed by atoms with E-state index in [1.165, 1.54) is 4.90 Å². The number of aryl methyl sites for hydroxylation is 1. The van der Waals surface area contributed by atoms with E-state index in [0.717, 1.165) is 47.6 Å². The summed E-state index contributed by atoms with van der Waals surface area (Å²) < 4.78 is 5.94. The lowest BCUT2D eigenvalue weighted by molar-refractivity contribution is -0.896. The summed E-state index contributed by atoms with van der Waals surface area (Å²) in [5.41, 5.74) is 2.75. The van der Waals surface area contributed by atoms with Crippen LogP contribution in [-0.4, -0.2) is 31.3 Å². The molecule has 0 aliphatic heterocycles. The lowest BCUT2D eigenvalue weighted by Gasteiger charge is -2.30. The van der Waals surface area contributed by atoms with Crippen molar-refractivity contribution in [1.29, 1.82) is 0 Å². The highest BCUT2D eigenvalue weighted by Gasteiger charge is 2.32. The molecule has 0 bridgehead atoms. The van der Waals surface area contributed by atoms with Crippen molar-refractivity contribution in [1.82, 2.24) is 0 Å². The van der Waals surface area contributed by atoms with E-state index in [1.54, 1.807) is 0 Å². The minimum Gasteiger partial charge on any atom is -0.488 e. The monoisotopic (exact) mass is 438 g/mol. The van der Waals surface area contributed by atoms with E-state index in [9.17, 15) is 5.11 Å². The van der Waals surface area contributed by atoms with Gasteiger partial charge in [0.15, 0.2) is 0 Å². The first-order valence-corrected chi connectivity index (χ1v) is 11.4. The first-order chi connectivity index (χ1) is 14.9. The molecule has 0 saturated carbocycles. The van der Waals surface area contributed by atoms with Crippen LogP contribution >= 0.6 is 11.6 Å². The van der Waals surface area contributed by atoms with Crippen molar-refractivity contribution in [3.63, 3.8) is 0 Å². The maximum atomic E-state index is 11.9. The number of aliphatic hydroxyl groups is 1. The minimum atomic E-state index is -1.15. The van der Waals surface area contributed by atoms with Crippen LogP contribution in [0.2, 0.25) is 5.02 Å². The van der Waals surface area contributed by atoms with Crippen LogP contribution < -0.4 is 9.64 Å². The highest BCUT2D eigenvalue weighted by atomic mass is 35.5. The van der Waals surface area contributed by atoms with Gasteiger partial charge in [-0.3, -0.25) is 0 Å². The molecular formula is C27H33ClNO2+. The van der Waals surface area contributed by atoms with Gasteiger partial charge < -0.3 is 14.7 Å². The van der Waals surface area contributed by atoms with Crippen molar-refractivity contribution < 1.29 is 14.7 Å². The Kier molecular flexibility index (Phi) is 8.14. The fourth-order valence-electron chi connectivity index (χ4n) is 3.84. The highest BCUT2D eigenvalue weighted by Crippen LogP contribution is 2.34. The Morgan fingerprint density at radius 2 is 1.39 bits per heavy atom. The Bertz CT molecular complexity index is 934. The fraction of sp³-hybridized carbons (Fsp3) is 0.333. The molecule has 0 aromatic heterocycles. The average molecular weight is 439 g/mol. The number of quaternary nitrogens is 1. The molecule has 0 aliphatic carbocycles. The normalized spacial score (nSPS) is 13.2. The van der Waals surface area contributed by atoms with Crippen molar-refractivity contribution in [2.45, 2.75) is 32.8 Å². The SMILES string of the molecule is CC[NH+](CC)CCOc1ccc([C@](O)(Cc2ccc(Cl)cc2)c2ccc(C)cc2)cc1. The van der Waals surface area contributed by atoms with Crippen LogP contribution in [0.25, 0.3) is 0 Å². The van der Waals surface area contributed by atoms with Crippen molar-refractivity contribution >= 4 is 11.6 Å². The molecular weight excluding hydrogens is 406 g/mol. The van der Waals surface area contributed by atoms with Gasteiger partial charge in [-0.1, -0.05) is 65.7 Å². The van der Waals surface area contributed by atoms with Crippen LogP contribution in [0.3, 0.4) is 0 Å². The van der Waals surface area contributed by atoms with Crippen LogP contribution in [0.15, 0.2) is 72.8 Å².